The van der Waals surface area contributed by atoms with Crippen molar-refractivity contribution in [2.24, 2.45) is 0 Å². The molecule has 0 spiro atoms. The molecule has 2 aromatic carbocycles. The topological polar surface area (TPSA) is 65.2 Å². The van der Waals surface area contributed by atoms with E-state index < -0.39 is 0 Å². The SMILES string of the molecule is Cc1nn(Cc2ccccc2)c(Cl)c1/C=C/C(=O)N1CCCN(c2ccc(C#N)cc2)CC1. The third-order valence-corrected chi connectivity index (χ3v) is 6.24. The van der Waals surface area contributed by atoms with Crippen LogP contribution in [0.25, 0.3) is 6.08 Å². The summed E-state index contributed by atoms with van der Waals surface area (Å²) in [6, 6.07) is 19.8. The van der Waals surface area contributed by atoms with Crippen molar-refractivity contribution in [2.75, 3.05) is 31.1 Å². The number of halogens is 1. The number of aryl methyl sites for hydroxylation is 1. The Morgan fingerprint density at radius 1 is 1.09 bits per heavy atom. The number of carbonyl (C=O) groups excluding carboxylic acids is 1. The summed E-state index contributed by atoms with van der Waals surface area (Å²) in [5.74, 6) is -0.0250. The van der Waals surface area contributed by atoms with Crippen LogP contribution in [-0.4, -0.2) is 46.8 Å². The van der Waals surface area contributed by atoms with E-state index in [1.165, 1.54) is 0 Å². The van der Waals surface area contributed by atoms with Crippen molar-refractivity contribution >= 4 is 29.3 Å². The molecular weight excluding hydrogens is 434 g/mol. The van der Waals surface area contributed by atoms with Crippen molar-refractivity contribution in [1.82, 2.24) is 14.7 Å². The molecule has 1 aliphatic rings. The smallest absolute Gasteiger partial charge is 0.246 e. The van der Waals surface area contributed by atoms with Gasteiger partial charge in [0.1, 0.15) is 5.15 Å². The summed E-state index contributed by atoms with van der Waals surface area (Å²) in [5, 5.41) is 14.1. The van der Waals surface area contributed by atoms with Gasteiger partial charge >= 0.3 is 0 Å². The Balaban J connectivity index is 1.40. The molecule has 1 saturated heterocycles. The van der Waals surface area contributed by atoms with Crippen LogP contribution >= 0.6 is 11.6 Å². The lowest BCUT2D eigenvalue weighted by Gasteiger charge is -2.23. The van der Waals surface area contributed by atoms with E-state index in [1.54, 1.807) is 16.8 Å². The van der Waals surface area contributed by atoms with Crippen LogP contribution in [0.1, 0.15) is 28.8 Å². The van der Waals surface area contributed by atoms with Crippen LogP contribution in [0.3, 0.4) is 0 Å². The average Bonchev–Trinajstić information content (AvgIpc) is 3.00. The molecule has 0 unspecified atom stereocenters. The molecule has 0 N–H and O–H groups in total. The molecule has 1 amide bonds. The van der Waals surface area contributed by atoms with Crippen LogP contribution in [0, 0.1) is 18.3 Å². The summed E-state index contributed by atoms with van der Waals surface area (Å²) < 4.78 is 1.76. The number of hydrogen-bond acceptors (Lipinski definition) is 4. The quantitative estimate of drug-likeness (QED) is 0.526. The van der Waals surface area contributed by atoms with Gasteiger partial charge in [-0.2, -0.15) is 10.4 Å². The van der Waals surface area contributed by atoms with Crippen molar-refractivity contribution in [3.05, 3.63) is 88.2 Å². The first kappa shape index (κ1) is 22.6. The summed E-state index contributed by atoms with van der Waals surface area (Å²) in [6.07, 6.45) is 4.26. The van der Waals surface area contributed by atoms with Crippen molar-refractivity contribution in [3.63, 3.8) is 0 Å². The molecule has 7 heteroatoms. The molecule has 0 aliphatic carbocycles. The minimum absolute atomic E-state index is 0.0250. The summed E-state index contributed by atoms with van der Waals surface area (Å²) in [5.41, 5.74) is 4.41. The van der Waals surface area contributed by atoms with E-state index >= 15 is 0 Å². The van der Waals surface area contributed by atoms with Crippen LogP contribution in [0.2, 0.25) is 5.15 Å². The number of benzene rings is 2. The second-order valence-electron chi connectivity index (χ2n) is 8.09. The van der Waals surface area contributed by atoms with E-state index in [2.05, 4.69) is 16.1 Å². The van der Waals surface area contributed by atoms with Gasteiger partial charge in [-0.1, -0.05) is 41.9 Å². The second-order valence-corrected chi connectivity index (χ2v) is 8.45. The van der Waals surface area contributed by atoms with E-state index in [0.717, 1.165) is 42.0 Å². The van der Waals surface area contributed by atoms with E-state index in [-0.39, 0.29) is 5.91 Å². The van der Waals surface area contributed by atoms with Crippen molar-refractivity contribution in [2.45, 2.75) is 19.9 Å². The maximum absolute atomic E-state index is 12.9. The van der Waals surface area contributed by atoms with Gasteiger partial charge in [0.25, 0.3) is 0 Å². The number of amides is 1. The zero-order valence-electron chi connectivity index (χ0n) is 18.6. The monoisotopic (exact) mass is 459 g/mol. The van der Waals surface area contributed by atoms with Gasteiger partial charge in [0.15, 0.2) is 0 Å². The first-order valence-electron chi connectivity index (χ1n) is 11.0. The van der Waals surface area contributed by atoms with Gasteiger partial charge in [0.05, 0.1) is 23.9 Å². The minimum atomic E-state index is -0.0250. The fourth-order valence-corrected chi connectivity index (χ4v) is 4.32. The maximum atomic E-state index is 12.9. The van der Waals surface area contributed by atoms with E-state index in [9.17, 15) is 4.79 Å². The lowest BCUT2D eigenvalue weighted by atomic mass is 10.2. The Morgan fingerprint density at radius 2 is 1.85 bits per heavy atom. The van der Waals surface area contributed by atoms with E-state index in [4.69, 9.17) is 16.9 Å². The Morgan fingerprint density at radius 3 is 2.58 bits per heavy atom. The molecule has 1 fully saturated rings. The van der Waals surface area contributed by atoms with Gasteiger partial charge in [0.2, 0.25) is 5.91 Å². The molecule has 0 radical (unpaired) electrons. The lowest BCUT2D eigenvalue weighted by molar-refractivity contribution is -0.125. The molecule has 33 heavy (non-hydrogen) atoms. The van der Waals surface area contributed by atoms with Crippen molar-refractivity contribution in [3.8, 4) is 6.07 Å². The molecule has 168 valence electrons. The van der Waals surface area contributed by atoms with Crippen LogP contribution in [0.4, 0.5) is 5.69 Å². The number of carbonyl (C=O) groups is 1. The molecular formula is C26H26ClN5O. The highest BCUT2D eigenvalue weighted by molar-refractivity contribution is 6.31. The standard InChI is InChI=1S/C26H26ClN5O/c1-20-24(26(27)32(29-20)19-22-6-3-2-4-7-22)12-13-25(33)31-15-5-14-30(16-17-31)23-10-8-21(18-28)9-11-23/h2-4,6-13H,5,14-17,19H2,1H3/b13-12+. The molecule has 3 aromatic rings. The summed E-state index contributed by atoms with van der Waals surface area (Å²) in [4.78, 5) is 17.0. The molecule has 1 aliphatic heterocycles. The molecule has 1 aromatic heterocycles. The largest absolute Gasteiger partial charge is 0.370 e. The van der Waals surface area contributed by atoms with Gasteiger partial charge in [0, 0.05) is 43.5 Å². The van der Waals surface area contributed by atoms with Crippen LogP contribution in [0.5, 0.6) is 0 Å². The van der Waals surface area contributed by atoms with Crippen LogP contribution in [0.15, 0.2) is 60.7 Å². The zero-order chi connectivity index (χ0) is 23.2. The molecule has 0 bridgehead atoms. The number of nitriles is 1. The summed E-state index contributed by atoms with van der Waals surface area (Å²) in [6.45, 7) is 5.45. The third kappa shape index (κ3) is 5.44. The fraction of sp³-hybridized carbons (Fsp3) is 0.269. The minimum Gasteiger partial charge on any atom is -0.370 e. The van der Waals surface area contributed by atoms with Gasteiger partial charge in [-0.15, -0.1) is 0 Å². The van der Waals surface area contributed by atoms with Crippen LogP contribution < -0.4 is 4.90 Å². The fourth-order valence-electron chi connectivity index (χ4n) is 4.02. The van der Waals surface area contributed by atoms with E-state index in [1.807, 2.05) is 66.4 Å². The van der Waals surface area contributed by atoms with Crippen molar-refractivity contribution < 1.29 is 4.79 Å². The molecule has 6 nitrogen and oxygen atoms in total. The number of anilines is 1. The number of nitrogens with zero attached hydrogens (tertiary/aromatic N) is 5. The first-order chi connectivity index (χ1) is 16.0. The summed E-state index contributed by atoms with van der Waals surface area (Å²) in [7, 11) is 0. The highest BCUT2D eigenvalue weighted by Gasteiger charge is 2.19. The highest BCUT2D eigenvalue weighted by Crippen LogP contribution is 2.23. The number of hydrogen-bond donors (Lipinski definition) is 0. The van der Waals surface area contributed by atoms with Gasteiger partial charge < -0.3 is 9.80 Å². The second kappa shape index (κ2) is 10.4. The van der Waals surface area contributed by atoms with E-state index in [0.29, 0.717) is 30.4 Å². The number of aromatic nitrogens is 2. The number of rotatable bonds is 5. The van der Waals surface area contributed by atoms with Crippen LogP contribution in [-0.2, 0) is 11.3 Å². The zero-order valence-corrected chi connectivity index (χ0v) is 19.4. The lowest BCUT2D eigenvalue weighted by Crippen LogP contribution is -2.34. The molecule has 0 atom stereocenters. The third-order valence-electron chi connectivity index (χ3n) is 5.85. The van der Waals surface area contributed by atoms with Gasteiger partial charge in [-0.25, -0.2) is 4.68 Å². The Labute approximate surface area is 199 Å². The predicted octanol–water partition coefficient (Wildman–Crippen LogP) is 4.52. The molecule has 2 heterocycles. The summed E-state index contributed by atoms with van der Waals surface area (Å²) >= 11 is 6.58. The molecule has 0 saturated carbocycles. The first-order valence-corrected chi connectivity index (χ1v) is 11.4. The van der Waals surface area contributed by atoms with Gasteiger partial charge in [-0.05, 0) is 49.2 Å². The Kier molecular flexibility index (Phi) is 7.11. The van der Waals surface area contributed by atoms with Crippen molar-refractivity contribution in [1.29, 1.82) is 5.26 Å². The predicted molar refractivity (Wildman–Crippen MR) is 131 cm³/mol. The highest BCUT2D eigenvalue weighted by atomic mass is 35.5. The molecule has 4 rings (SSSR count). The average molecular weight is 460 g/mol. The Bertz CT molecular complexity index is 1180. The maximum Gasteiger partial charge on any atom is 0.246 e. The normalized spacial score (nSPS) is 14.3. The van der Waals surface area contributed by atoms with Gasteiger partial charge in [-0.3, -0.25) is 4.79 Å². The Hall–Kier alpha value is -3.56.